The Morgan fingerprint density at radius 1 is 1.30 bits per heavy atom. The maximum atomic E-state index is 12.1. The molecule has 5 nitrogen and oxygen atoms in total. The van der Waals surface area contributed by atoms with Crippen LogP contribution in [-0.2, 0) is 9.59 Å². The average Bonchev–Trinajstić information content (AvgIpc) is 2.46. The molecule has 6 heteroatoms. The lowest BCUT2D eigenvalue weighted by atomic mass is 9.94. The first-order valence-corrected chi connectivity index (χ1v) is 7.66. The molecule has 1 saturated heterocycles. The summed E-state index contributed by atoms with van der Waals surface area (Å²) in [5.41, 5.74) is 0. The van der Waals surface area contributed by atoms with Gasteiger partial charge in [-0.25, -0.2) is 0 Å². The molecule has 0 aliphatic carbocycles. The van der Waals surface area contributed by atoms with Crippen LogP contribution >= 0.6 is 11.8 Å². The molecule has 1 amide bonds. The summed E-state index contributed by atoms with van der Waals surface area (Å²) in [6.45, 7) is 1.35. The largest absolute Gasteiger partial charge is 0.481 e. The van der Waals surface area contributed by atoms with Crippen molar-refractivity contribution in [2.75, 3.05) is 18.8 Å². The van der Waals surface area contributed by atoms with E-state index in [-0.39, 0.29) is 18.2 Å². The van der Waals surface area contributed by atoms with Gasteiger partial charge in [0.15, 0.2) is 0 Å². The van der Waals surface area contributed by atoms with Gasteiger partial charge in [-0.05, 0) is 30.9 Å². The molecule has 0 radical (unpaired) electrons. The molecule has 1 fully saturated rings. The number of aliphatic carboxylic acids is 1. The van der Waals surface area contributed by atoms with Crippen LogP contribution in [-0.4, -0.2) is 45.7 Å². The van der Waals surface area contributed by atoms with Crippen molar-refractivity contribution in [1.29, 1.82) is 0 Å². The number of carbonyl (C=O) groups excluding carboxylic acids is 1. The van der Waals surface area contributed by atoms with E-state index >= 15 is 0 Å². The fourth-order valence-electron chi connectivity index (χ4n) is 2.30. The summed E-state index contributed by atoms with van der Waals surface area (Å²) >= 11 is 1.51. The van der Waals surface area contributed by atoms with Crippen molar-refractivity contribution in [2.24, 2.45) is 5.92 Å². The van der Waals surface area contributed by atoms with Crippen molar-refractivity contribution < 1.29 is 14.7 Å². The number of pyridine rings is 1. The molecule has 1 N–H and O–H groups in total. The molecule has 2 rings (SSSR count). The van der Waals surface area contributed by atoms with Crippen molar-refractivity contribution in [1.82, 2.24) is 9.88 Å². The summed E-state index contributed by atoms with van der Waals surface area (Å²) in [6.07, 6.45) is 5.22. The number of hydrogen-bond acceptors (Lipinski definition) is 4. The number of thioether (sulfide) groups is 1. The molecule has 1 aliphatic rings. The zero-order valence-corrected chi connectivity index (χ0v) is 12.0. The molecule has 0 saturated carbocycles. The summed E-state index contributed by atoms with van der Waals surface area (Å²) in [6, 6.07) is 3.77. The number of carboxylic acids is 1. The number of hydrogen-bond donors (Lipinski definition) is 1. The molecule has 1 aliphatic heterocycles. The maximum Gasteiger partial charge on any atom is 0.303 e. The molecule has 20 heavy (non-hydrogen) atoms. The first kappa shape index (κ1) is 14.8. The van der Waals surface area contributed by atoms with Crippen molar-refractivity contribution in [3.63, 3.8) is 0 Å². The number of nitrogens with zero attached hydrogens (tertiary/aromatic N) is 2. The molecular weight excluding hydrogens is 276 g/mol. The number of carboxylic acid groups (broad SMARTS) is 1. The summed E-state index contributed by atoms with van der Waals surface area (Å²) in [5, 5.41) is 8.76. The monoisotopic (exact) mass is 294 g/mol. The van der Waals surface area contributed by atoms with E-state index in [0.717, 1.165) is 17.7 Å². The highest BCUT2D eigenvalue weighted by molar-refractivity contribution is 8.00. The van der Waals surface area contributed by atoms with Crippen LogP contribution in [0.2, 0.25) is 0 Å². The fraction of sp³-hybridized carbons (Fsp3) is 0.500. The van der Waals surface area contributed by atoms with Gasteiger partial charge >= 0.3 is 5.97 Å². The van der Waals surface area contributed by atoms with Gasteiger partial charge in [-0.3, -0.25) is 14.6 Å². The van der Waals surface area contributed by atoms with Gasteiger partial charge < -0.3 is 10.0 Å². The van der Waals surface area contributed by atoms with Crippen LogP contribution in [0.4, 0.5) is 0 Å². The first-order chi connectivity index (χ1) is 9.65. The first-order valence-electron chi connectivity index (χ1n) is 6.67. The predicted octanol–water partition coefficient (Wildman–Crippen LogP) is 1.89. The summed E-state index contributed by atoms with van der Waals surface area (Å²) < 4.78 is 0. The van der Waals surface area contributed by atoms with Crippen molar-refractivity contribution in [3.05, 3.63) is 24.5 Å². The molecule has 0 spiro atoms. The van der Waals surface area contributed by atoms with Gasteiger partial charge in [0.2, 0.25) is 5.91 Å². The SMILES string of the molecule is O=C(O)CC1CCN(C(=O)CSc2ccncc2)CC1. The normalized spacial score (nSPS) is 16.1. The third-order valence-electron chi connectivity index (χ3n) is 3.44. The van der Waals surface area contributed by atoms with E-state index in [4.69, 9.17) is 5.11 Å². The van der Waals surface area contributed by atoms with Crippen LogP contribution in [0.15, 0.2) is 29.4 Å². The fourth-order valence-corrected chi connectivity index (χ4v) is 3.09. The molecule has 108 valence electrons. The van der Waals surface area contributed by atoms with E-state index in [9.17, 15) is 9.59 Å². The lowest BCUT2D eigenvalue weighted by Crippen LogP contribution is -2.39. The number of aromatic nitrogens is 1. The van der Waals surface area contributed by atoms with E-state index in [1.54, 1.807) is 12.4 Å². The van der Waals surface area contributed by atoms with Crippen molar-refractivity contribution >= 4 is 23.6 Å². The molecule has 0 bridgehead atoms. The highest BCUT2D eigenvalue weighted by Crippen LogP contribution is 2.22. The highest BCUT2D eigenvalue weighted by atomic mass is 32.2. The van der Waals surface area contributed by atoms with E-state index in [2.05, 4.69) is 4.98 Å². The minimum atomic E-state index is -0.747. The zero-order valence-electron chi connectivity index (χ0n) is 11.2. The van der Waals surface area contributed by atoms with Crippen LogP contribution in [0.5, 0.6) is 0 Å². The number of amides is 1. The standard InChI is InChI=1S/C14H18N2O3S/c17-13(10-20-12-1-5-15-6-2-12)16-7-3-11(4-8-16)9-14(18)19/h1-2,5-6,11H,3-4,7-10H2,(H,18,19). The summed E-state index contributed by atoms with van der Waals surface area (Å²) in [7, 11) is 0. The van der Waals surface area contributed by atoms with Gasteiger partial charge in [0.25, 0.3) is 0 Å². The zero-order chi connectivity index (χ0) is 14.4. The Balaban J connectivity index is 1.73. The lowest BCUT2D eigenvalue weighted by molar-refractivity contribution is -0.138. The van der Waals surface area contributed by atoms with E-state index in [1.807, 2.05) is 17.0 Å². The summed E-state index contributed by atoms with van der Waals surface area (Å²) in [5.74, 6) is 0.0150. The van der Waals surface area contributed by atoms with E-state index < -0.39 is 5.97 Å². The quantitative estimate of drug-likeness (QED) is 0.840. The molecule has 0 atom stereocenters. The second-order valence-corrected chi connectivity index (χ2v) is 5.94. The Morgan fingerprint density at radius 2 is 1.95 bits per heavy atom. The average molecular weight is 294 g/mol. The third-order valence-corrected chi connectivity index (χ3v) is 4.44. The molecule has 1 aromatic rings. The topological polar surface area (TPSA) is 70.5 Å². The molecule has 0 unspecified atom stereocenters. The van der Waals surface area contributed by atoms with Crippen LogP contribution in [0.1, 0.15) is 19.3 Å². The van der Waals surface area contributed by atoms with Gasteiger partial charge in [-0.1, -0.05) is 0 Å². The van der Waals surface area contributed by atoms with Crippen molar-refractivity contribution in [2.45, 2.75) is 24.2 Å². The number of likely N-dealkylation sites (tertiary alicyclic amines) is 1. The van der Waals surface area contributed by atoms with Crippen LogP contribution in [0.3, 0.4) is 0 Å². The minimum absolute atomic E-state index is 0.126. The number of piperidine rings is 1. The van der Waals surface area contributed by atoms with Crippen LogP contribution in [0, 0.1) is 5.92 Å². The molecule has 1 aromatic heterocycles. The second-order valence-electron chi connectivity index (χ2n) is 4.89. The molecular formula is C14H18N2O3S. The molecule has 0 aromatic carbocycles. The van der Waals surface area contributed by atoms with E-state index in [0.29, 0.717) is 18.8 Å². The lowest BCUT2D eigenvalue weighted by Gasteiger charge is -2.31. The maximum absolute atomic E-state index is 12.1. The Labute approximate surface area is 122 Å². The minimum Gasteiger partial charge on any atom is -0.481 e. The Hall–Kier alpha value is -1.56. The predicted molar refractivity (Wildman–Crippen MR) is 76.5 cm³/mol. The smallest absolute Gasteiger partial charge is 0.303 e. The van der Waals surface area contributed by atoms with Gasteiger partial charge in [-0.2, -0.15) is 0 Å². The van der Waals surface area contributed by atoms with E-state index in [1.165, 1.54) is 11.8 Å². The van der Waals surface area contributed by atoms with Gasteiger partial charge in [-0.15, -0.1) is 11.8 Å². The van der Waals surface area contributed by atoms with Gasteiger partial charge in [0.05, 0.1) is 5.75 Å². The highest BCUT2D eigenvalue weighted by Gasteiger charge is 2.24. The van der Waals surface area contributed by atoms with Gasteiger partial charge in [0.1, 0.15) is 0 Å². The summed E-state index contributed by atoms with van der Waals surface area (Å²) in [4.78, 5) is 29.5. The van der Waals surface area contributed by atoms with Gasteiger partial charge in [0, 0.05) is 36.8 Å². The third kappa shape index (κ3) is 4.52. The second kappa shape index (κ2) is 7.28. The number of rotatable bonds is 5. The Kier molecular flexibility index (Phi) is 5.40. The Morgan fingerprint density at radius 3 is 2.55 bits per heavy atom. The Bertz CT molecular complexity index is 459. The number of carbonyl (C=O) groups is 2. The van der Waals surface area contributed by atoms with Crippen molar-refractivity contribution in [3.8, 4) is 0 Å². The van der Waals surface area contributed by atoms with Crippen LogP contribution < -0.4 is 0 Å². The molecule has 2 heterocycles. The van der Waals surface area contributed by atoms with Crippen LogP contribution in [0.25, 0.3) is 0 Å².